The van der Waals surface area contributed by atoms with Crippen molar-refractivity contribution in [3.05, 3.63) is 18.2 Å². The van der Waals surface area contributed by atoms with Crippen LogP contribution in [0.3, 0.4) is 0 Å². The van der Waals surface area contributed by atoms with Gasteiger partial charge in [0, 0.05) is 24.8 Å². The number of nitrogen functional groups attached to an aromatic ring is 1. The Hall–Kier alpha value is -2.11. The number of carbonyl (C=O) groups is 1. The van der Waals surface area contributed by atoms with Gasteiger partial charge in [-0.05, 0) is 32.9 Å². The minimum absolute atomic E-state index is 0.214. The summed E-state index contributed by atoms with van der Waals surface area (Å²) in [7, 11) is 1.59. The molecule has 1 aliphatic rings. The van der Waals surface area contributed by atoms with Crippen molar-refractivity contribution in [1.29, 1.82) is 0 Å². The Morgan fingerprint density at radius 1 is 1.38 bits per heavy atom. The van der Waals surface area contributed by atoms with Gasteiger partial charge in [-0.2, -0.15) is 0 Å². The molecule has 6 heteroatoms. The van der Waals surface area contributed by atoms with Crippen LogP contribution in [0.25, 0.3) is 0 Å². The van der Waals surface area contributed by atoms with E-state index in [2.05, 4.69) is 5.32 Å². The molecule has 0 saturated carbocycles. The molecule has 1 aromatic rings. The molecule has 0 radical (unpaired) electrons. The molecular formula is C15H23N3O3. The second-order valence-corrected chi connectivity index (χ2v) is 6.18. The average molecular weight is 293 g/mol. The van der Waals surface area contributed by atoms with Crippen LogP contribution in [-0.4, -0.2) is 42.8 Å². The highest BCUT2D eigenvalue weighted by Crippen LogP contribution is 2.26. The van der Waals surface area contributed by atoms with Gasteiger partial charge in [0.15, 0.2) is 0 Å². The van der Waals surface area contributed by atoms with Crippen molar-refractivity contribution in [2.75, 3.05) is 31.2 Å². The summed E-state index contributed by atoms with van der Waals surface area (Å²) < 4.78 is 10.5. The van der Waals surface area contributed by atoms with Crippen LogP contribution in [0.4, 0.5) is 16.2 Å². The average Bonchev–Trinajstić information content (AvgIpc) is 2.32. The normalized spacial score (nSPS) is 15.3. The lowest BCUT2D eigenvalue weighted by Crippen LogP contribution is -2.57. The maximum atomic E-state index is 11.8. The van der Waals surface area contributed by atoms with Crippen molar-refractivity contribution in [2.45, 2.75) is 32.4 Å². The summed E-state index contributed by atoms with van der Waals surface area (Å²) in [6.45, 7) is 6.84. The number of hydrogen-bond donors (Lipinski definition) is 2. The molecule has 0 bridgehead atoms. The fourth-order valence-electron chi connectivity index (χ4n) is 2.08. The van der Waals surface area contributed by atoms with Crippen LogP contribution in [0.2, 0.25) is 0 Å². The molecule has 0 atom stereocenters. The summed E-state index contributed by atoms with van der Waals surface area (Å²) in [5, 5.41) is 3.34. The van der Waals surface area contributed by atoms with Gasteiger partial charge in [-0.1, -0.05) is 0 Å². The number of rotatable bonds is 3. The van der Waals surface area contributed by atoms with E-state index in [0.717, 1.165) is 5.69 Å². The van der Waals surface area contributed by atoms with E-state index in [1.54, 1.807) is 18.1 Å². The standard InChI is InChI=1S/C15H23N3O3/c1-15(2,3)21-14(19)18-8-11(9-18)17-10-5-6-12(16)13(7-10)20-4/h5-7,11,17H,8-9,16H2,1-4H3. The van der Waals surface area contributed by atoms with Crippen LogP contribution in [0.5, 0.6) is 5.75 Å². The lowest BCUT2D eigenvalue weighted by Gasteiger charge is -2.40. The Balaban J connectivity index is 1.84. The summed E-state index contributed by atoms with van der Waals surface area (Å²) in [6.07, 6.45) is -0.268. The van der Waals surface area contributed by atoms with Crippen molar-refractivity contribution < 1.29 is 14.3 Å². The van der Waals surface area contributed by atoms with E-state index in [4.69, 9.17) is 15.2 Å². The van der Waals surface area contributed by atoms with E-state index < -0.39 is 5.60 Å². The highest BCUT2D eigenvalue weighted by atomic mass is 16.6. The summed E-state index contributed by atoms with van der Waals surface area (Å²) >= 11 is 0. The first-order chi connectivity index (χ1) is 9.78. The number of carbonyl (C=O) groups excluding carboxylic acids is 1. The molecule has 2 rings (SSSR count). The van der Waals surface area contributed by atoms with Gasteiger partial charge in [0.2, 0.25) is 0 Å². The van der Waals surface area contributed by atoms with Gasteiger partial charge < -0.3 is 25.4 Å². The van der Waals surface area contributed by atoms with E-state index in [-0.39, 0.29) is 12.1 Å². The van der Waals surface area contributed by atoms with Crippen LogP contribution in [-0.2, 0) is 4.74 Å². The predicted molar refractivity (Wildman–Crippen MR) is 82.6 cm³/mol. The summed E-state index contributed by atoms with van der Waals surface area (Å²) in [5.74, 6) is 0.642. The largest absolute Gasteiger partial charge is 0.495 e. The van der Waals surface area contributed by atoms with Crippen molar-refractivity contribution >= 4 is 17.5 Å². The fourth-order valence-corrected chi connectivity index (χ4v) is 2.08. The zero-order valence-corrected chi connectivity index (χ0v) is 13.0. The number of nitrogens with one attached hydrogen (secondary N) is 1. The summed E-state index contributed by atoms with van der Waals surface area (Å²) in [5.41, 5.74) is 6.85. The molecule has 1 amide bonds. The van der Waals surface area contributed by atoms with Gasteiger partial charge in [0.25, 0.3) is 0 Å². The van der Waals surface area contributed by atoms with Gasteiger partial charge >= 0.3 is 6.09 Å². The minimum atomic E-state index is -0.458. The second-order valence-electron chi connectivity index (χ2n) is 6.18. The summed E-state index contributed by atoms with van der Waals surface area (Å²) in [4.78, 5) is 13.5. The lowest BCUT2D eigenvalue weighted by atomic mass is 10.1. The number of hydrogen-bond acceptors (Lipinski definition) is 5. The maximum absolute atomic E-state index is 11.8. The third-order valence-electron chi connectivity index (χ3n) is 3.14. The predicted octanol–water partition coefficient (Wildman–Crippen LogP) is 2.31. The minimum Gasteiger partial charge on any atom is -0.495 e. The molecule has 0 unspecified atom stereocenters. The van der Waals surface area contributed by atoms with Crippen LogP contribution < -0.4 is 15.8 Å². The zero-order valence-electron chi connectivity index (χ0n) is 13.0. The topological polar surface area (TPSA) is 76.8 Å². The van der Waals surface area contributed by atoms with Crippen LogP contribution >= 0.6 is 0 Å². The Labute approximate surface area is 125 Å². The van der Waals surface area contributed by atoms with Crippen molar-refractivity contribution in [3.63, 3.8) is 0 Å². The molecular weight excluding hydrogens is 270 g/mol. The Bertz CT molecular complexity index is 519. The van der Waals surface area contributed by atoms with E-state index in [9.17, 15) is 4.79 Å². The zero-order chi connectivity index (χ0) is 15.6. The number of likely N-dealkylation sites (tertiary alicyclic amines) is 1. The lowest BCUT2D eigenvalue weighted by molar-refractivity contribution is 0.0105. The van der Waals surface area contributed by atoms with Crippen molar-refractivity contribution in [1.82, 2.24) is 4.90 Å². The molecule has 1 heterocycles. The number of benzene rings is 1. The number of ether oxygens (including phenoxy) is 2. The molecule has 0 aromatic heterocycles. The Kier molecular flexibility index (Phi) is 4.16. The smallest absolute Gasteiger partial charge is 0.410 e. The number of methoxy groups -OCH3 is 1. The second kappa shape index (κ2) is 5.71. The molecule has 116 valence electrons. The Morgan fingerprint density at radius 3 is 2.62 bits per heavy atom. The molecule has 1 fully saturated rings. The number of amides is 1. The molecule has 3 N–H and O–H groups in total. The SMILES string of the molecule is COc1cc(NC2CN(C(=O)OC(C)(C)C)C2)ccc1N. The van der Waals surface area contributed by atoms with Crippen LogP contribution in [0.1, 0.15) is 20.8 Å². The van der Waals surface area contributed by atoms with Crippen LogP contribution in [0, 0.1) is 0 Å². The van der Waals surface area contributed by atoms with Gasteiger partial charge in [-0.25, -0.2) is 4.79 Å². The molecule has 6 nitrogen and oxygen atoms in total. The first-order valence-corrected chi connectivity index (χ1v) is 6.96. The number of nitrogens with zero attached hydrogens (tertiary/aromatic N) is 1. The quantitative estimate of drug-likeness (QED) is 0.836. The first-order valence-electron chi connectivity index (χ1n) is 6.96. The number of anilines is 2. The molecule has 0 aliphatic carbocycles. The van der Waals surface area contributed by atoms with Gasteiger partial charge in [0.1, 0.15) is 11.4 Å². The number of nitrogens with two attached hydrogens (primary N) is 1. The fraction of sp³-hybridized carbons (Fsp3) is 0.533. The molecule has 1 aromatic carbocycles. The van der Waals surface area contributed by atoms with Crippen molar-refractivity contribution in [3.8, 4) is 5.75 Å². The van der Waals surface area contributed by atoms with Crippen molar-refractivity contribution in [2.24, 2.45) is 0 Å². The third kappa shape index (κ3) is 3.93. The van der Waals surface area contributed by atoms with Crippen LogP contribution in [0.15, 0.2) is 18.2 Å². The maximum Gasteiger partial charge on any atom is 0.410 e. The molecule has 1 saturated heterocycles. The molecule has 1 aliphatic heterocycles. The van der Waals surface area contributed by atoms with E-state index >= 15 is 0 Å². The first kappa shape index (κ1) is 15.3. The van der Waals surface area contributed by atoms with Gasteiger partial charge in [0.05, 0.1) is 18.8 Å². The molecule has 21 heavy (non-hydrogen) atoms. The highest BCUT2D eigenvalue weighted by Gasteiger charge is 2.33. The van der Waals surface area contributed by atoms with Gasteiger partial charge in [-0.3, -0.25) is 0 Å². The third-order valence-corrected chi connectivity index (χ3v) is 3.14. The van der Waals surface area contributed by atoms with Gasteiger partial charge in [-0.15, -0.1) is 0 Å². The van der Waals surface area contributed by atoms with E-state index in [0.29, 0.717) is 24.5 Å². The monoisotopic (exact) mass is 293 g/mol. The van der Waals surface area contributed by atoms with E-state index in [1.165, 1.54) is 0 Å². The summed E-state index contributed by atoms with van der Waals surface area (Å²) in [6, 6.07) is 5.76. The highest BCUT2D eigenvalue weighted by molar-refractivity contribution is 5.70. The molecule has 0 spiro atoms. The Morgan fingerprint density at radius 2 is 2.05 bits per heavy atom. The van der Waals surface area contributed by atoms with E-state index in [1.807, 2.05) is 32.9 Å².